The monoisotopic (exact) mass is 851 g/mol. The van der Waals surface area contributed by atoms with E-state index in [0.717, 1.165) is 55.6 Å². The summed E-state index contributed by atoms with van der Waals surface area (Å²) in [5, 5.41) is 12.3. The lowest BCUT2D eigenvalue weighted by Gasteiger charge is -2.44. The molecule has 0 fully saturated rings. The molecule has 0 unspecified atom stereocenters. The summed E-state index contributed by atoms with van der Waals surface area (Å²) in [7, 11) is -6.15. The molecule has 64 heavy (non-hydrogen) atoms. The highest BCUT2D eigenvalue weighted by molar-refractivity contribution is 7.22. The number of nitrogens with zero attached hydrogens (tertiary/aromatic N) is 3. The van der Waals surface area contributed by atoms with Gasteiger partial charge in [-0.3, -0.25) is 9.88 Å². The van der Waals surface area contributed by atoms with Crippen molar-refractivity contribution in [2.45, 2.75) is 0 Å². The number of furan rings is 1. The van der Waals surface area contributed by atoms with Gasteiger partial charge in [-0.25, -0.2) is 4.98 Å². The summed E-state index contributed by atoms with van der Waals surface area (Å²) in [4.78, 5) is 12.8. The number of anilines is 3. The van der Waals surface area contributed by atoms with Crippen LogP contribution in [-0.2, 0) is 0 Å². The van der Waals surface area contributed by atoms with E-state index in [2.05, 4.69) is 235 Å². The summed E-state index contributed by atoms with van der Waals surface area (Å²) in [6, 6.07) is 86.4. The quantitative estimate of drug-likeness (QED) is 0.114. The zero-order chi connectivity index (χ0) is 42.5. The Bertz CT molecular complexity index is 3370. The van der Waals surface area contributed by atoms with Crippen LogP contribution >= 0.6 is 0 Å². The second kappa shape index (κ2) is 15.5. The van der Waals surface area contributed by atoms with E-state index < -0.39 is 16.1 Å². The Kier molecular flexibility index (Phi) is 9.14. The number of hydrogen-bond acceptors (Lipinski definition) is 4. The van der Waals surface area contributed by atoms with Crippen molar-refractivity contribution < 1.29 is 4.42 Å². The van der Waals surface area contributed by atoms with Crippen molar-refractivity contribution in [2.75, 3.05) is 4.90 Å². The highest BCUT2D eigenvalue weighted by Gasteiger charge is 2.52. The smallest absolute Gasteiger partial charge is 0.191 e. The Morgan fingerprint density at radius 1 is 0.453 bits per heavy atom. The van der Waals surface area contributed by atoms with E-state index in [1.165, 1.54) is 36.3 Å². The van der Waals surface area contributed by atoms with E-state index in [9.17, 15) is 0 Å². The van der Waals surface area contributed by atoms with Gasteiger partial charge < -0.3 is 4.42 Å². The molecule has 8 aromatic carbocycles. The number of pyridine rings is 2. The summed E-state index contributed by atoms with van der Waals surface area (Å²) in [6.07, 6.45) is 3.91. The lowest BCUT2D eigenvalue weighted by atomic mass is 10.1. The number of fused-ring (bicyclic) bond motifs is 6. The van der Waals surface area contributed by atoms with Gasteiger partial charge in [0.25, 0.3) is 0 Å². The van der Waals surface area contributed by atoms with E-state index in [1.54, 1.807) is 0 Å². The van der Waals surface area contributed by atoms with Crippen LogP contribution in [0.25, 0.3) is 33.2 Å². The Morgan fingerprint density at radius 2 is 1.03 bits per heavy atom. The number of rotatable bonds is 8. The first-order valence-electron chi connectivity index (χ1n) is 21.8. The van der Waals surface area contributed by atoms with E-state index in [4.69, 9.17) is 14.4 Å². The third-order valence-corrected chi connectivity index (χ3v) is 22.7. The van der Waals surface area contributed by atoms with Gasteiger partial charge in [-0.15, -0.1) is 0 Å². The predicted molar refractivity (Wildman–Crippen MR) is 270 cm³/mol. The van der Waals surface area contributed by atoms with Crippen LogP contribution in [0.2, 0.25) is 0 Å². The SMILES string of the molecule is c1ccc([Si](c2ccccc2)(c2cccc(-c3ccccn3)c2)c2cccc(N3c4ccccc4[Si](c4ccccc4)(c4ccccc4)c4c3ncc3c4oc4ccccc43)c2)cc1. The largest absolute Gasteiger partial charge is 0.456 e. The van der Waals surface area contributed by atoms with Gasteiger partial charge >= 0.3 is 0 Å². The minimum Gasteiger partial charge on any atom is -0.456 e. The fourth-order valence-electron chi connectivity index (χ4n) is 10.5. The first kappa shape index (κ1) is 37.8. The summed E-state index contributed by atoms with van der Waals surface area (Å²) in [5.74, 6) is 0.894. The highest BCUT2D eigenvalue weighted by atomic mass is 28.3. The van der Waals surface area contributed by atoms with Crippen molar-refractivity contribution in [2.24, 2.45) is 0 Å². The zero-order valence-electron chi connectivity index (χ0n) is 34.9. The number of benzene rings is 8. The molecular formula is C58H41N3OSi2. The first-order chi connectivity index (χ1) is 31.8. The highest BCUT2D eigenvalue weighted by Crippen LogP contribution is 2.40. The van der Waals surface area contributed by atoms with Gasteiger partial charge in [-0.2, -0.15) is 0 Å². The average Bonchev–Trinajstić information content (AvgIpc) is 3.76. The Balaban J connectivity index is 1.18. The molecule has 11 aromatic rings. The maximum atomic E-state index is 7.12. The van der Waals surface area contributed by atoms with E-state index in [1.807, 2.05) is 18.5 Å². The minimum absolute atomic E-state index is 0.860. The molecule has 3 aromatic heterocycles. The van der Waals surface area contributed by atoms with Gasteiger partial charge in [-0.1, -0.05) is 200 Å². The van der Waals surface area contributed by atoms with E-state index in [-0.39, 0.29) is 0 Å². The molecule has 1 aliphatic rings. The molecule has 1 aliphatic heterocycles. The molecule has 302 valence electrons. The van der Waals surface area contributed by atoms with Crippen molar-refractivity contribution in [3.63, 3.8) is 0 Å². The molecule has 12 rings (SSSR count). The number of hydrogen-bond donors (Lipinski definition) is 0. The first-order valence-corrected chi connectivity index (χ1v) is 25.8. The van der Waals surface area contributed by atoms with Crippen molar-refractivity contribution in [3.05, 3.63) is 249 Å². The maximum Gasteiger partial charge on any atom is 0.191 e. The molecular weight excluding hydrogens is 811 g/mol. The Hall–Kier alpha value is -7.91. The van der Waals surface area contributed by atoms with Crippen LogP contribution in [0.4, 0.5) is 17.2 Å². The van der Waals surface area contributed by atoms with Crippen LogP contribution in [0.5, 0.6) is 0 Å². The maximum absolute atomic E-state index is 7.12. The molecule has 0 spiro atoms. The van der Waals surface area contributed by atoms with Crippen molar-refractivity contribution in [1.82, 2.24) is 9.97 Å². The molecule has 0 bridgehead atoms. The molecule has 0 aliphatic carbocycles. The lowest BCUT2D eigenvalue weighted by molar-refractivity contribution is 0.671. The van der Waals surface area contributed by atoms with Crippen molar-refractivity contribution >= 4 is 96.8 Å². The van der Waals surface area contributed by atoms with Gasteiger partial charge in [-0.05, 0) is 72.7 Å². The number of aromatic nitrogens is 2. The summed E-state index contributed by atoms with van der Waals surface area (Å²) in [6.45, 7) is 0. The molecule has 0 N–H and O–H groups in total. The van der Waals surface area contributed by atoms with Gasteiger partial charge in [0.15, 0.2) is 16.1 Å². The topological polar surface area (TPSA) is 42.2 Å². The standard InChI is InChI=1S/C58H41N3OSi2/c1-5-23-44(24-6-1)63(45-25-7-2-8-26-45,48-31-19-21-42(39-48)52-34-17-18-38-59-52)49-32-20-22-43(40-49)61-53-35-14-16-37-55(53)64(46-27-9-3-10-28-46,47-29-11-4-12-30-47)57-56-51(41-60-58(57)61)50-33-13-15-36-54(50)62-56/h1-41H. The Morgan fingerprint density at radius 3 is 1.72 bits per heavy atom. The fourth-order valence-corrected chi connectivity index (χ4v) is 20.5. The van der Waals surface area contributed by atoms with Crippen LogP contribution in [0, 0.1) is 0 Å². The van der Waals surface area contributed by atoms with Gasteiger partial charge in [0.1, 0.15) is 17.0 Å². The molecule has 6 heteroatoms. The van der Waals surface area contributed by atoms with Gasteiger partial charge in [0.05, 0.1) is 5.69 Å². The zero-order valence-corrected chi connectivity index (χ0v) is 36.9. The molecule has 0 radical (unpaired) electrons. The predicted octanol–water partition coefficient (Wildman–Crippen LogP) is 8.58. The molecule has 4 heterocycles. The molecule has 0 saturated heterocycles. The minimum atomic E-state index is -3.12. The molecule has 0 atom stereocenters. The summed E-state index contributed by atoms with van der Waals surface area (Å²) < 4.78 is 7.12. The van der Waals surface area contributed by atoms with Crippen LogP contribution in [0.1, 0.15) is 0 Å². The summed E-state index contributed by atoms with van der Waals surface area (Å²) in [5.41, 5.74) is 5.97. The van der Waals surface area contributed by atoms with Gasteiger partial charge in [0, 0.05) is 45.3 Å². The second-order valence-electron chi connectivity index (χ2n) is 16.5. The summed E-state index contributed by atoms with van der Waals surface area (Å²) >= 11 is 0. The molecule has 0 amide bonds. The van der Waals surface area contributed by atoms with Crippen LogP contribution < -0.4 is 46.4 Å². The molecule has 0 saturated carbocycles. The van der Waals surface area contributed by atoms with Crippen LogP contribution in [0.15, 0.2) is 253 Å². The Labute approximate surface area is 374 Å². The van der Waals surface area contributed by atoms with E-state index >= 15 is 0 Å². The number of para-hydroxylation sites is 2. The fraction of sp³-hybridized carbons (Fsp3) is 0. The van der Waals surface area contributed by atoms with E-state index in [0.29, 0.717) is 0 Å². The average molecular weight is 852 g/mol. The van der Waals surface area contributed by atoms with Crippen LogP contribution in [-0.4, -0.2) is 26.1 Å². The normalized spacial score (nSPS) is 13.1. The second-order valence-corrected chi connectivity index (χ2v) is 24.0. The third kappa shape index (κ3) is 5.73. The van der Waals surface area contributed by atoms with Gasteiger partial charge in [0.2, 0.25) is 0 Å². The molecule has 4 nitrogen and oxygen atoms in total. The third-order valence-electron chi connectivity index (χ3n) is 13.2. The van der Waals surface area contributed by atoms with Crippen LogP contribution in [0.3, 0.4) is 0 Å². The van der Waals surface area contributed by atoms with Crippen molar-refractivity contribution in [3.8, 4) is 11.3 Å². The van der Waals surface area contributed by atoms with Crippen molar-refractivity contribution in [1.29, 1.82) is 0 Å². The lowest BCUT2D eigenvalue weighted by Crippen LogP contribution is -2.77.